The van der Waals surface area contributed by atoms with Crippen LogP contribution in [0.25, 0.3) is 10.9 Å². The third-order valence-corrected chi connectivity index (χ3v) is 6.51. The second-order valence-corrected chi connectivity index (χ2v) is 8.36. The first-order chi connectivity index (χ1) is 16.5. The van der Waals surface area contributed by atoms with Gasteiger partial charge in [0.1, 0.15) is 0 Å². The van der Waals surface area contributed by atoms with Gasteiger partial charge in [0.05, 0.1) is 26.5 Å². The van der Waals surface area contributed by atoms with E-state index in [0.717, 1.165) is 28.5 Å². The summed E-state index contributed by atoms with van der Waals surface area (Å²) in [5.41, 5.74) is 4.03. The van der Waals surface area contributed by atoms with E-state index >= 15 is 0 Å². The Hall–Kier alpha value is -4.00. The van der Waals surface area contributed by atoms with Gasteiger partial charge in [0.2, 0.25) is 0 Å². The van der Waals surface area contributed by atoms with Crippen LogP contribution in [0.2, 0.25) is 0 Å². The molecule has 0 aliphatic carbocycles. The lowest BCUT2D eigenvalue weighted by Gasteiger charge is -2.37. The van der Waals surface area contributed by atoms with Gasteiger partial charge in [0.15, 0.2) is 17.3 Å². The maximum absolute atomic E-state index is 13.5. The van der Waals surface area contributed by atoms with Crippen LogP contribution in [0.5, 0.6) is 11.5 Å². The number of H-pyrrole nitrogens is 1. The number of aryl methyl sites for hydroxylation is 1. The summed E-state index contributed by atoms with van der Waals surface area (Å²) in [5.74, 6) is 1.13. The number of pyridine rings is 1. The number of furan rings is 1. The molecule has 2 aromatic heterocycles. The first-order valence-corrected chi connectivity index (χ1v) is 11.3. The number of ether oxygens (including phenoxy) is 2. The van der Waals surface area contributed by atoms with Crippen molar-refractivity contribution in [3.8, 4) is 11.5 Å². The molecule has 7 nitrogen and oxygen atoms in total. The Kier molecular flexibility index (Phi) is 5.61. The number of aromatic amines is 1. The Bertz CT molecular complexity index is 1420. The Morgan fingerprint density at radius 2 is 1.88 bits per heavy atom. The summed E-state index contributed by atoms with van der Waals surface area (Å²) < 4.78 is 16.5. The molecule has 34 heavy (non-hydrogen) atoms. The van der Waals surface area contributed by atoms with Crippen molar-refractivity contribution in [3.05, 3.63) is 93.2 Å². The molecule has 0 unspecified atom stereocenters. The molecule has 7 heteroatoms. The zero-order valence-electron chi connectivity index (χ0n) is 19.4. The number of hydrogen-bond donors (Lipinski definition) is 1. The number of carbonyl (C=O) groups excluding carboxylic acids is 1. The summed E-state index contributed by atoms with van der Waals surface area (Å²) >= 11 is 0. The minimum atomic E-state index is -0.611. The van der Waals surface area contributed by atoms with Crippen LogP contribution in [0.15, 0.2) is 64.0 Å². The largest absolute Gasteiger partial charge is 0.493 e. The molecule has 174 valence electrons. The predicted molar refractivity (Wildman–Crippen MR) is 129 cm³/mol. The van der Waals surface area contributed by atoms with Gasteiger partial charge in [-0.2, -0.15) is 0 Å². The summed E-state index contributed by atoms with van der Waals surface area (Å²) in [4.78, 5) is 31.5. The smallest absolute Gasteiger partial charge is 0.290 e. The molecule has 0 bridgehead atoms. The third kappa shape index (κ3) is 3.63. The van der Waals surface area contributed by atoms with Gasteiger partial charge in [0, 0.05) is 17.6 Å². The first-order valence-electron chi connectivity index (χ1n) is 11.3. The maximum Gasteiger partial charge on any atom is 0.290 e. The van der Waals surface area contributed by atoms with Crippen LogP contribution in [-0.4, -0.2) is 36.6 Å². The van der Waals surface area contributed by atoms with Crippen LogP contribution in [0.3, 0.4) is 0 Å². The molecule has 0 radical (unpaired) electrons. The van der Waals surface area contributed by atoms with E-state index in [9.17, 15) is 9.59 Å². The number of benzene rings is 2. The second kappa shape index (κ2) is 8.74. The fourth-order valence-corrected chi connectivity index (χ4v) is 4.74. The molecular weight excluding hydrogens is 432 g/mol. The topological polar surface area (TPSA) is 84.8 Å². The number of nitrogens with one attached hydrogen (secondary N) is 1. The fourth-order valence-electron chi connectivity index (χ4n) is 4.74. The van der Waals surface area contributed by atoms with Crippen molar-refractivity contribution in [1.82, 2.24) is 9.88 Å². The highest BCUT2D eigenvalue weighted by Crippen LogP contribution is 2.41. The maximum atomic E-state index is 13.5. The highest BCUT2D eigenvalue weighted by molar-refractivity contribution is 5.92. The fraction of sp³-hybridized carbons (Fsp3) is 0.259. The van der Waals surface area contributed by atoms with Gasteiger partial charge in [0.25, 0.3) is 11.5 Å². The van der Waals surface area contributed by atoms with E-state index in [0.29, 0.717) is 30.0 Å². The van der Waals surface area contributed by atoms with Gasteiger partial charge in [-0.25, -0.2) is 0 Å². The van der Waals surface area contributed by atoms with Crippen molar-refractivity contribution in [1.29, 1.82) is 0 Å². The van der Waals surface area contributed by atoms with Crippen molar-refractivity contribution in [3.63, 3.8) is 0 Å². The number of fused-ring (bicyclic) bond motifs is 2. The van der Waals surface area contributed by atoms with Crippen molar-refractivity contribution >= 4 is 16.8 Å². The highest BCUT2D eigenvalue weighted by atomic mass is 16.5. The summed E-state index contributed by atoms with van der Waals surface area (Å²) in [6.45, 7) is 2.52. The molecule has 1 aliphatic rings. The van der Waals surface area contributed by atoms with Gasteiger partial charge in [-0.15, -0.1) is 0 Å². The minimum absolute atomic E-state index is 0.235. The van der Waals surface area contributed by atoms with Crippen molar-refractivity contribution in [2.75, 3.05) is 20.8 Å². The predicted octanol–water partition coefficient (Wildman–Crippen LogP) is 4.49. The van der Waals surface area contributed by atoms with Gasteiger partial charge < -0.3 is 23.8 Å². The summed E-state index contributed by atoms with van der Waals surface area (Å²) in [6, 6.07) is 14.4. The summed E-state index contributed by atoms with van der Waals surface area (Å²) in [6.07, 6.45) is 2.98. The van der Waals surface area contributed by atoms with Gasteiger partial charge in [-0.1, -0.05) is 13.0 Å². The summed E-state index contributed by atoms with van der Waals surface area (Å²) in [5, 5.41) is 0.923. The van der Waals surface area contributed by atoms with Crippen LogP contribution < -0.4 is 15.0 Å². The molecule has 3 heterocycles. The van der Waals surface area contributed by atoms with Crippen molar-refractivity contribution in [2.24, 2.45) is 0 Å². The molecule has 1 amide bonds. The number of hydrogen-bond acceptors (Lipinski definition) is 5. The van der Waals surface area contributed by atoms with Crippen molar-refractivity contribution in [2.45, 2.75) is 25.8 Å². The monoisotopic (exact) mass is 458 g/mol. The first kappa shape index (κ1) is 21.8. The van der Waals surface area contributed by atoms with Crippen LogP contribution >= 0.6 is 0 Å². The lowest BCUT2D eigenvalue weighted by molar-refractivity contribution is 0.0660. The summed E-state index contributed by atoms with van der Waals surface area (Å²) in [7, 11) is 3.17. The quantitative estimate of drug-likeness (QED) is 0.476. The average Bonchev–Trinajstić information content (AvgIpc) is 3.41. The van der Waals surface area contributed by atoms with E-state index in [1.165, 1.54) is 11.8 Å². The standard InChI is InChI=1S/C27H26N2O5/c1-4-16-7-8-21-18(12-16)13-20(26(30)28-21)25-19-15-24(33-3)23(32-2)14-17(19)9-10-29(25)27(31)22-6-5-11-34-22/h5-8,11-15,25H,4,9-10H2,1-3H3,(H,28,30)/t25-/m1/s1. The zero-order valence-corrected chi connectivity index (χ0v) is 19.4. The molecule has 0 saturated heterocycles. The van der Waals surface area contributed by atoms with Crippen LogP contribution in [0, 0.1) is 0 Å². The minimum Gasteiger partial charge on any atom is -0.493 e. The van der Waals surface area contributed by atoms with Gasteiger partial charge in [-0.05, 0) is 77.4 Å². The number of rotatable bonds is 5. The highest BCUT2D eigenvalue weighted by Gasteiger charge is 2.36. The van der Waals surface area contributed by atoms with Gasteiger partial charge in [-0.3, -0.25) is 9.59 Å². The zero-order chi connectivity index (χ0) is 23.8. The molecular formula is C27H26N2O5. The van der Waals surface area contributed by atoms with E-state index in [4.69, 9.17) is 13.9 Å². The number of nitrogens with zero attached hydrogens (tertiary/aromatic N) is 1. The van der Waals surface area contributed by atoms with E-state index in [2.05, 4.69) is 18.0 Å². The van der Waals surface area contributed by atoms with E-state index in [1.54, 1.807) is 31.3 Å². The molecule has 0 fully saturated rings. The number of amides is 1. The number of methoxy groups -OCH3 is 2. The third-order valence-electron chi connectivity index (χ3n) is 6.51. The molecule has 1 atom stereocenters. The number of carbonyl (C=O) groups is 1. The molecule has 2 aromatic carbocycles. The molecule has 1 N–H and O–H groups in total. The Labute approximate surface area is 196 Å². The lowest BCUT2D eigenvalue weighted by atomic mass is 9.87. The van der Waals surface area contributed by atoms with Gasteiger partial charge >= 0.3 is 0 Å². The molecule has 5 rings (SSSR count). The van der Waals surface area contributed by atoms with E-state index in [-0.39, 0.29) is 17.2 Å². The van der Waals surface area contributed by atoms with E-state index < -0.39 is 6.04 Å². The SMILES string of the molecule is CCc1ccc2[nH]c(=O)c([C@H]3c4cc(OC)c(OC)cc4CCN3C(=O)c3ccco3)cc2c1. The second-order valence-electron chi connectivity index (χ2n) is 8.36. The van der Waals surface area contributed by atoms with E-state index in [1.807, 2.05) is 30.3 Å². The Morgan fingerprint density at radius 3 is 2.59 bits per heavy atom. The normalized spacial score (nSPS) is 15.3. The molecule has 4 aromatic rings. The molecule has 0 saturated carbocycles. The van der Waals surface area contributed by atoms with Crippen LogP contribution in [0.1, 0.15) is 45.8 Å². The Morgan fingerprint density at radius 1 is 1.09 bits per heavy atom. The average molecular weight is 459 g/mol. The van der Waals surface area contributed by atoms with Crippen LogP contribution in [-0.2, 0) is 12.8 Å². The molecule has 0 spiro atoms. The van der Waals surface area contributed by atoms with Crippen LogP contribution in [0.4, 0.5) is 0 Å². The molecule has 1 aliphatic heterocycles. The van der Waals surface area contributed by atoms with Crippen molar-refractivity contribution < 1.29 is 18.7 Å². The number of aromatic nitrogens is 1. The Balaban J connectivity index is 1.74. The lowest BCUT2D eigenvalue weighted by Crippen LogP contribution is -2.42.